The third-order valence-corrected chi connectivity index (χ3v) is 4.93. The number of nitrogens with one attached hydrogen (secondary N) is 2. The molecule has 0 bridgehead atoms. The summed E-state index contributed by atoms with van der Waals surface area (Å²) in [4.78, 5) is 26.2. The van der Waals surface area contributed by atoms with Crippen LogP contribution in [0.2, 0.25) is 4.34 Å². The van der Waals surface area contributed by atoms with E-state index in [9.17, 15) is 9.59 Å². The fourth-order valence-electron chi connectivity index (χ4n) is 2.44. The first-order valence-corrected chi connectivity index (χ1v) is 9.29. The fraction of sp³-hybridized carbons (Fsp3) is 0.235. The first kappa shape index (κ1) is 19.0. The molecule has 0 radical (unpaired) electrons. The molecule has 0 saturated carbocycles. The van der Waals surface area contributed by atoms with Crippen LogP contribution in [0.4, 0.5) is 16.2 Å². The smallest absolute Gasteiger partial charge is 0.414 e. The lowest BCUT2D eigenvalue weighted by Gasteiger charge is -2.13. The molecule has 1 saturated heterocycles. The van der Waals surface area contributed by atoms with Crippen molar-refractivity contribution >= 4 is 52.1 Å². The maximum Gasteiger partial charge on any atom is 0.414 e. The second kappa shape index (κ2) is 8.28. The molecule has 8 nitrogen and oxygen atoms in total. The first-order chi connectivity index (χ1) is 12.9. The Bertz CT molecular complexity index is 864. The van der Waals surface area contributed by atoms with Crippen molar-refractivity contribution < 1.29 is 14.3 Å². The van der Waals surface area contributed by atoms with Gasteiger partial charge in [0.15, 0.2) is 0 Å². The summed E-state index contributed by atoms with van der Waals surface area (Å²) in [5.74, 6) is 0.171. The Morgan fingerprint density at radius 3 is 2.74 bits per heavy atom. The minimum Gasteiger partial charge on any atom is -0.442 e. The van der Waals surface area contributed by atoms with Gasteiger partial charge in [0, 0.05) is 5.69 Å². The summed E-state index contributed by atoms with van der Waals surface area (Å²) in [6.45, 7) is 2.24. The predicted octanol–water partition coefficient (Wildman–Crippen LogP) is 2.86. The lowest BCUT2D eigenvalue weighted by atomic mass is 10.2. The Kier molecular flexibility index (Phi) is 5.82. The van der Waals surface area contributed by atoms with Gasteiger partial charge in [-0.15, -0.1) is 11.3 Å². The van der Waals surface area contributed by atoms with Crippen molar-refractivity contribution in [3.8, 4) is 0 Å². The number of amides is 2. The molecule has 2 amide bonds. The van der Waals surface area contributed by atoms with Gasteiger partial charge >= 0.3 is 6.09 Å². The average Bonchev–Trinajstić information content (AvgIpc) is 3.24. The van der Waals surface area contributed by atoms with Crippen LogP contribution in [0, 0.1) is 0 Å². The molecule has 4 N–H and O–H groups in total. The number of carbonyl (C=O) groups excluding carboxylic acids is 2. The minimum atomic E-state index is -0.454. The van der Waals surface area contributed by atoms with Crippen LogP contribution < -0.4 is 21.4 Å². The molecule has 1 aromatic heterocycles. The Morgan fingerprint density at radius 1 is 1.37 bits per heavy atom. The van der Waals surface area contributed by atoms with E-state index < -0.39 is 12.2 Å². The van der Waals surface area contributed by atoms with Gasteiger partial charge in [-0.2, -0.15) is 5.10 Å². The number of rotatable bonds is 6. The summed E-state index contributed by atoms with van der Waals surface area (Å²) in [6.07, 6.45) is -0.885. The van der Waals surface area contributed by atoms with Crippen molar-refractivity contribution in [3.05, 3.63) is 45.6 Å². The van der Waals surface area contributed by atoms with Crippen LogP contribution in [0.1, 0.15) is 16.6 Å². The molecule has 1 fully saturated rings. The van der Waals surface area contributed by atoms with Crippen LogP contribution in [0.3, 0.4) is 0 Å². The van der Waals surface area contributed by atoms with Crippen molar-refractivity contribution in [3.63, 3.8) is 0 Å². The quantitative estimate of drug-likeness (QED) is 0.387. The molecular formula is C17H18ClN5O3S. The van der Waals surface area contributed by atoms with E-state index in [4.69, 9.17) is 22.1 Å². The molecule has 10 heteroatoms. The molecule has 1 aliphatic rings. The number of carbonyl (C=O) groups is 2. The molecule has 3 rings (SSSR count). The van der Waals surface area contributed by atoms with Gasteiger partial charge in [0.25, 0.3) is 5.91 Å². The van der Waals surface area contributed by atoms with Gasteiger partial charge in [-0.1, -0.05) is 11.6 Å². The van der Waals surface area contributed by atoms with E-state index in [0.29, 0.717) is 27.3 Å². The zero-order chi connectivity index (χ0) is 19.4. The number of cyclic esters (lactones) is 1. The van der Waals surface area contributed by atoms with E-state index in [1.165, 1.54) is 16.2 Å². The Hall–Kier alpha value is -2.78. The Labute approximate surface area is 164 Å². The van der Waals surface area contributed by atoms with Gasteiger partial charge in [0.1, 0.15) is 11.9 Å². The molecule has 1 aromatic carbocycles. The first-order valence-electron chi connectivity index (χ1n) is 8.10. The number of halogens is 1. The molecule has 2 aromatic rings. The molecule has 1 aliphatic heterocycles. The SMILES string of the molecule is C/C(N)=N/Nc1ccc(N2C[C@H](CNC(=O)c3ccc(Cl)s3)OC2=O)cc1. The number of nitrogens with two attached hydrogens (primary N) is 1. The number of nitrogens with zero attached hydrogens (tertiary/aromatic N) is 2. The lowest BCUT2D eigenvalue weighted by Crippen LogP contribution is -2.34. The van der Waals surface area contributed by atoms with Crippen molar-refractivity contribution in [2.45, 2.75) is 13.0 Å². The molecule has 1 atom stereocenters. The summed E-state index contributed by atoms with van der Waals surface area (Å²) in [5.41, 5.74) is 9.72. The van der Waals surface area contributed by atoms with Crippen LogP contribution in [0.5, 0.6) is 0 Å². The maximum atomic E-state index is 12.1. The van der Waals surface area contributed by atoms with Gasteiger partial charge in [-0.05, 0) is 43.3 Å². The van der Waals surface area contributed by atoms with Crippen molar-refractivity contribution in [2.24, 2.45) is 10.8 Å². The van der Waals surface area contributed by atoms with Crippen molar-refractivity contribution in [1.29, 1.82) is 0 Å². The second-order valence-corrected chi connectivity index (χ2v) is 7.56. The number of benzene rings is 1. The van der Waals surface area contributed by atoms with E-state index in [0.717, 1.165) is 5.69 Å². The van der Waals surface area contributed by atoms with E-state index in [2.05, 4.69) is 15.8 Å². The summed E-state index contributed by atoms with van der Waals surface area (Å²) in [7, 11) is 0. The van der Waals surface area contributed by atoms with Crippen molar-refractivity contribution in [2.75, 3.05) is 23.4 Å². The number of ether oxygens (including phenoxy) is 1. The van der Waals surface area contributed by atoms with Crippen LogP contribution in [0.15, 0.2) is 41.5 Å². The molecule has 142 valence electrons. The highest BCUT2D eigenvalue weighted by Crippen LogP contribution is 2.24. The van der Waals surface area contributed by atoms with E-state index in [1.54, 1.807) is 43.3 Å². The second-order valence-electron chi connectivity index (χ2n) is 5.84. The van der Waals surface area contributed by atoms with Crippen molar-refractivity contribution in [1.82, 2.24) is 5.32 Å². The zero-order valence-electron chi connectivity index (χ0n) is 14.4. The summed E-state index contributed by atoms with van der Waals surface area (Å²) in [5, 5.41) is 6.66. The lowest BCUT2D eigenvalue weighted by molar-refractivity contribution is 0.0920. The molecule has 0 spiro atoms. The molecule has 0 aliphatic carbocycles. The normalized spacial score (nSPS) is 17.0. The van der Waals surface area contributed by atoms with Crippen LogP contribution in [-0.4, -0.2) is 37.0 Å². The fourth-order valence-corrected chi connectivity index (χ4v) is 3.40. The summed E-state index contributed by atoms with van der Waals surface area (Å²) < 4.78 is 5.87. The van der Waals surface area contributed by atoms with Gasteiger partial charge in [0.2, 0.25) is 0 Å². The highest BCUT2D eigenvalue weighted by molar-refractivity contribution is 7.17. The monoisotopic (exact) mass is 407 g/mol. The van der Waals surface area contributed by atoms with Gasteiger partial charge < -0.3 is 15.8 Å². The molecule has 2 heterocycles. The number of anilines is 2. The third-order valence-electron chi connectivity index (χ3n) is 3.70. The van der Waals surface area contributed by atoms with Crippen LogP contribution in [-0.2, 0) is 4.74 Å². The number of thiophene rings is 1. The van der Waals surface area contributed by atoms with Gasteiger partial charge in [-0.25, -0.2) is 4.79 Å². The predicted molar refractivity (Wildman–Crippen MR) is 107 cm³/mol. The molecule has 0 unspecified atom stereocenters. The minimum absolute atomic E-state index is 0.223. The zero-order valence-corrected chi connectivity index (χ0v) is 16.0. The van der Waals surface area contributed by atoms with E-state index in [1.807, 2.05) is 0 Å². The maximum absolute atomic E-state index is 12.1. The largest absolute Gasteiger partial charge is 0.442 e. The summed E-state index contributed by atoms with van der Waals surface area (Å²) in [6, 6.07) is 10.4. The van der Waals surface area contributed by atoms with Gasteiger partial charge in [-0.3, -0.25) is 15.1 Å². The van der Waals surface area contributed by atoms with Crippen LogP contribution in [0.25, 0.3) is 0 Å². The number of amidine groups is 1. The number of hydrogen-bond donors (Lipinski definition) is 3. The number of hydrazone groups is 1. The highest BCUT2D eigenvalue weighted by atomic mass is 35.5. The molecular weight excluding hydrogens is 390 g/mol. The third kappa shape index (κ3) is 4.89. The Morgan fingerprint density at radius 2 is 2.11 bits per heavy atom. The summed E-state index contributed by atoms with van der Waals surface area (Å²) >= 11 is 7.02. The number of hydrogen-bond acceptors (Lipinski definition) is 6. The average molecular weight is 408 g/mol. The standard InChI is InChI=1S/C17H18ClN5O3S/c1-10(19)21-22-11-2-4-12(5-3-11)23-9-13(26-17(23)25)8-20-16(24)14-6-7-15(18)27-14/h2-7,13,22H,8-9H2,1H3,(H2,19,21)(H,20,24)/t13-/m0/s1. The highest BCUT2D eigenvalue weighted by Gasteiger charge is 2.32. The Balaban J connectivity index is 1.55. The van der Waals surface area contributed by atoms with E-state index in [-0.39, 0.29) is 12.5 Å². The van der Waals surface area contributed by atoms with E-state index >= 15 is 0 Å². The van der Waals surface area contributed by atoms with Crippen LogP contribution >= 0.6 is 22.9 Å². The topological polar surface area (TPSA) is 109 Å². The van der Waals surface area contributed by atoms with Gasteiger partial charge in [0.05, 0.1) is 28.0 Å². The molecule has 27 heavy (non-hydrogen) atoms.